The fourth-order valence-electron chi connectivity index (χ4n) is 0.770. The van der Waals surface area contributed by atoms with Crippen LogP contribution in [0.25, 0.3) is 0 Å². The molecule has 5 heteroatoms. The van der Waals surface area contributed by atoms with Gasteiger partial charge in [-0.2, -0.15) is 0 Å². The lowest BCUT2D eigenvalue weighted by molar-refractivity contribution is 0.676. The maximum Gasteiger partial charge on any atom is 0.222 e. The summed E-state index contributed by atoms with van der Waals surface area (Å²) in [6, 6.07) is 0.169. The Morgan fingerprint density at radius 3 is 2.69 bits per heavy atom. The van der Waals surface area contributed by atoms with Crippen LogP contribution in [-0.4, -0.2) is 22.6 Å². The number of nitrogens with one attached hydrogen (secondary N) is 1. The second kappa shape index (κ2) is 5.33. The Hall–Kier alpha value is -0.430. The van der Waals surface area contributed by atoms with Gasteiger partial charge in [-0.3, -0.25) is 0 Å². The molecule has 0 saturated heterocycles. The van der Waals surface area contributed by atoms with Gasteiger partial charge in [0.25, 0.3) is 0 Å². The number of anilines is 1. The van der Waals surface area contributed by atoms with Crippen molar-refractivity contribution in [1.29, 1.82) is 0 Å². The summed E-state index contributed by atoms with van der Waals surface area (Å²) in [6.07, 6.45) is 4.50. The third-order valence-electron chi connectivity index (χ3n) is 1.67. The zero-order valence-electron chi connectivity index (χ0n) is 7.50. The van der Waals surface area contributed by atoms with Crippen molar-refractivity contribution in [2.45, 2.75) is 19.4 Å². The zero-order valence-corrected chi connectivity index (χ0v) is 9.65. The highest BCUT2D eigenvalue weighted by molar-refractivity contribution is 14.1. The summed E-state index contributed by atoms with van der Waals surface area (Å²) in [5.41, 5.74) is 5.73. The first-order chi connectivity index (χ1) is 6.22. The van der Waals surface area contributed by atoms with Gasteiger partial charge in [-0.15, -0.1) is 0 Å². The van der Waals surface area contributed by atoms with Crippen LogP contribution in [0.2, 0.25) is 0 Å². The number of nitrogens with two attached hydrogens (primary N) is 1. The van der Waals surface area contributed by atoms with Crippen molar-refractivity contribution in [1.82, 2.24) is 9.97 Å². The van der Waals surface area contributed by atoms with Crippen LogP contribution < -0.4 is 11.1 Å². The Morgan fingerprint density at radius 1 is 1.54 bits per heavy atom. The van der Waals surface area contributed by atoms with Crippen LogP contribution in [-0.2, 0) is 0 Å². The van der Waals surface area contributed by atoms with E-state index in [1.54, 1.807) is 12.4 Å². The molecule has 0 amide bonds. The molecule has 3 N–H and O–H groups in total. The monoisotopic (exact) mass is 292 g/mol. The van der Waals surface area contributed by atoms with Crippen molar-refractivity contribution in [3.63, 3.8) is 0 Å². The number of hydrogen-bond donors (Lipinski definition) is 2. The summed E-state index contributed by atoms with van der Waals surface area (Å²) in [6.45, 7) is 2.78. The van der Waals surface area contributed by atoms with E-state index in [0.717, 1.165) is 16.5 Å². The minimum absolute atomic E-state index is 0.169. The standard InChI is InChI=1S/C8H13IN4/c1-2-7(10)5-13-8-11-3-6(9)4-12-8/h3-4,7H,2,5,10H2,1H3,(H,11,12,13). The van der Waals surface area contributed by atoms with E-state index in [1.807, 2.05) is 0 Å². The molecule has 1 aromatic rings. The highest BCUT2D eigenvalue weighted by atomic mass is 127. The first kappa shape index (κ1) is 10.6. The smallest absolute Gasteiger partial charge is 0.222 e. The largest absolute Gasteiger partial charge is 0.353 e. The number of hydrogen-bond acceptors (Lipinski definition) is 4. The molecule has 1 aromatic heterocycles. The number of rotatable bonds is 4. The molecular formula is C8H13IN4. The van der Waals surface area contributed by atoms with Crippen LogP contribution in [0, 0.1) is 3.57 Å². The van der Waals surface area contributed by atoms with Crippen LogP contribution in [0.3, 0.4) is 0 Å². The van der Waals surface area contributed by atoms with Crippen molar-refractivity contribution < 1.29 is 0 Å². The molecule has 1 atom stereocenters. The van der Waals surface area contributed by atoms with Gasteiger partial charge in [-0.25, -0.2) is 9.97 Å². The SMILES string of the molecule is CCC(N)CNc1ncc(I)cn1. The summed E-state index contributed by atoms with van der Waals surface area (Å²) in [5.74, 6) is 0.643. The predicted octanol–water partition coefficient (Wildman–Crippen LogP) is 1.23. The molecule has 0 radical (unpaired) electrons. The number of halogens is 1. The molecule has 4 nitrogen and oxygen atoms in total. The molecule has 1 unspecified atom stereocenters. The summed E-state index contributed by atoms with van der Waals surface area (Å²) in [7, 11) is 0. The third kappa shape index (κ3) is 3.86. The van der Waals surface area contributed by atoms with Crippen LogP contribution in [0.15, 0.2) is 12.4 Å². The molecule has 1 rings (SSSR count). The Bertz CT molecular complexity index is 249. The Balaban J connectivity index is 2.41. The van der Waals surface area contributed by atoms with Crippen molar-refractivity contribution in [3.05, 3.63) is 16.0 Å². The maximum absolute atomic E-state index is 5.73. The van der Waals surface area contributed by atoms with E-state index in [1.165, 1.54) is 0 Å². The van der Waals surface area contributed by atoms with Crippen LogP contribution in [0.4, 0.5) is 5.95 Å². The second-order valence-electron chi connectivity index (χ2n) is 2.77. The lowest BCUT2D eigenvalue weighted by Gasteiger charge is -2.09. The average molecular weight is 292 g/mol. The number of nitrogens with zero attached hydrogens (tertiary/aromatic N) is 2. The molecule has 1 heterocycles. The normalized spacial score (nSPS) is 12.5. The summed E-state index contributed by atoms with van der Waals surface area (Å²) >= 11 is 2.17. The molecule has 0 bridgehead atoms. The average Bonchev–Trinajstić information content (AvgIpc) is 2.16. The molecular weight excluding hydrogens is 279 g/mol. The van der Waals surface area contributed by atoms with Gasteiger partial charge in [0.1, 0.15) is 0 Å². The highest BCUT2D eigenvalue weighted by Crippen LogP contribution is 2.02. The van der Waals surface area contributed by atoms with Gasteiger partial charge in [-0.05, 0) is 29.0 Å². The summed E-state index contributed by atoms with van der Waals surface area (Å²) in [5, 5.41) is 3.07. The van der Waals surface area contributed by atoms with Gasteiger partial charge in [0.2, 0.25) is 5.95 Å². The first-order valence-corrected chi connectivity index (χ1v) is 5.27. The van der Waals surface area contributed by atoms with E-state index < -0.39 is 0 Å². The van der Waals surface area contributed by atoms with E-state index in [9.17, 15) is 0 Å². The van der Waals surface area contributed by atoms with E-state index in [2.05, 4.69) is 44.8 Å². The molecule has 0 spiro atoms. The number of aromatic nitrogens is 2. The molecule has 13 heavy (non-hydrogen) atoms. The van der Waals surface area contributed by atoms with Gasteiger partial charge < -0.3 is 11.1 Å². The highest BCUT2D eigenvalue weighted by Gasteiger charge is 1.99. The Labute approximate surface area is 91.5 Å². The molecule has 0 aliphatic rings. The quantitative estimate of drug-likeness (QED) is 0.819. The minimum Gasteiger partial charge on any atom is -0.353 e. The fraction of sp³-hybridized carbons (Fsp3) is 0.500. The lowest BCUT2D eigenvalue weighted by atomic mass is 10.2. The van der Waals surface area contributed by atoms with E-state index in [4.69, 9.17) is 5.73 Å². The van der Waals surface area contributed by atoms with Gasteiger partial charge in [0.05, 0.1) is 0 Å². The topological polar surface area (TPSA) is 63.8 Å². The summed E-state index contributed by atoms with van der Waals surface area (Å²) in [4.78, 5) is 8.20. The van der Waals surface area contributed by atoms with E-state index in [0.29, 0.717) is 5.95 Å². The molecule has 0 saturated carbocycles. The molecule has 72 valence electrons. The molecule has 0 aromatic carbocycles. The Kier molecular flexibility index (Phi) is 4.37. The first-order valence-electron chi connectivity index (χ1n) is 4.19. The van der Waals surface area contributed by atoms with Crippen molar-refractivity contribution >= 4 is 28.5 Å². The molecule has 0 aliphatic carbocycles. The van der Waals surface area contributed by atoms with Gasteiger partial charge >= 0.3 is 0 Å². The van der Waals surface area contributed by atoms with Crippen molar-refractivity contribution in [3.8, 4) is 0 Å². The fourth-order valence-corrected chi connectivity index (χ4v) is 1.05. The van der Waals surface area contributed by atoms with Crippen LogP contribution in [0.1, 0.15) is 13.3 Å². The Morgan fingerprint density at radius 2 is 2.15 bits per heavy atom. The van der Waals surface area contributed by atoms with Crippen molar-refractivity contribution in [2.75, 3.05) is 11.9 Å². The zero-order chi connectivity index (χ0) is 9.68. The van der Waals surface area contributed by atoms with Gasteiger partial charge in [-0.1, -0.05) is 6.92 Å². The summed E-state index contributed by atoms with van der Waals surface area (Å²) < 4.78 is 1.03. The van der Waals surface area contributed by atoms with E-state index >= 15 is 0 Å². The third-order valence-corrected chi connectivity index (χ3v) is 2.22. The van der Waals surface area contributed by atoms with E-state index in [-0.39, 0.29) is 6.04 Å². The molecule has 0 aliphatic heterocycles. The van der Waals surface area contributed by atoms with Gasteiger partial charge in [0.15, 0.2) is 0 Å². The second-order valence-corrected chi connectivity index (χ2v) is 4.02. The van der Waals surface area contributed by atoms with Crippen LogP contribution >= 0.6 is 22.6 Å². The van der Waals surface area contributed by atoms with Gasteiger partial charge in [0, 0.05) is 28.6 Å². The maximum atomic E-state index is 5.73. The molecule has 0 fully saturated rings. The van der Waals surface area contributed by atoms with Crippen LogP contribution in [0.5, 0.6) is 0 Å². The minimum atomic E-state index is 0.169. The lowest BCUT2D eigenvalue weighted by Crippen LogP contribution is -2.28. The predicted molar refractivity (Wildman–Crippen MR) is 61.5 cm³/mol. The van der Waals surface area contributed by atoms with Crippen molar-refractivity contribution in [2.24, 2.45) is 5.73 Å².